The molecule has 3 aromatic carbocycles. The quantitative estimate of drug-likeness (QED) is 0.444. The molecule has 1 aromatic heterocycles. The molecule has 0 aliphatic heterocycles. The minimum absolute atomic E-state index is 0.0212. The lowest BCUT2D eigenvalue weighted by molar-refractivity contribution is -0.116. The number of para-hydroxylation sites is 1. The Kier molecular flexibility index (Phi) is 5.89. The molecule has 0 aliphatic carbocycles. The molecule has 32 heavy (non-hydrogen) atoms. The molecule has 1 amide bonds. The summed E-state index contributed by atoms with van der Waals surface area (Å²) in [6, 6.07) is 20.5. The van der Waals surface area contributed by atoms with Crippen LogP contribution in [0.15, 0.2) is 77.8 Å². The smallest absolute Gasteiger partial charge is 0.244 e. The summed E-state index contributed by atoms with van der Waals surface area (Å²) in [6.45, 7) is 5.94. The van der Waals surface area contributed by atoms with Gasteiger partial charge in [-0.15, -0.1) is 0 Å². The fourth-order valence-corrected chi connectivity index (χ4v) is 5.50. The third-order valence-corrected chi connectivity index (χ3v) is 7.48. The molecule has 4 aromatic rings. The summed E-state index contributed by atoms with van der Waals surface area (Å²) in [4.78, 5) is 13.0. The first kappa shape index (κ1) is 21.8. The predicted octanol–water partition coefficient (Wildman–Crippen LogP) is 5.18. The van der Waals surface area contributed by atoms with Crippen molar-refractivity contribution in [1.82, 2.24) is 4.57 Å². The number of carbonyl (C=O) groups excluding carboxylic acids is 1. The topological polar surface area (TPSA) is 68.2 Å². The van der Waals surface area contributed by atoms with E-state index in [0.29, 0.717) is 10.9 Å². The van der Waals surface area contributed by atoms with E-state index in [1.54, 1.807) is 16.8 Å². The molecule has 6 heteroatoms. The van der Waals surface area contributed by atoms with E-state index in [1.807, 2.05) is 81.4 Å². The molecule has 0 saturated heterocycles. The largest absolute Gasteiger partial charge is 0.337 e. The second-order valence-electron chi connectivity index (χ2n) is 8.17. The molecule has 0 bridgehead atoms. The normalized spacial score (nSPS) is 11.6. The molecule has 5 nitrogen and oxygen atoms in total. The number of sulfone groups is 1. The van der Waals surface area contributed by atoms with Crippen molar-refractivity contribution in [1.29, 1.82) is 0 Å². The Morgan fingerprint density at radius 2 is 1.59 bits per heavy atom. The van der Waals surface area contributed by atoms with E-state index in [-0.39, 0.29) is 23.1 Å². The van der Waals surface area contributed by atoms with Crippen LogP contribution in [0, 0.1) is 20.8 Å². The Bertz CT molecular complexity index is 1420. The van der Waals surface area contributed by atoms with Crippen LogP contribution in [0.5, 0.6) is 0 Å². The lowest BCUT2D eigenvalue weighted by Gasteiger charge is -2.09. The van der Waals surface area contributed by atoms with Gasteiger partial charge in [-0.05, 0) is 61.2 Å². The zero-order chi connectivity index (χ0) is 22.9. The number of aryl methyl sites for hydroxylation is 3. The monoisotopic (exact) mass is 446 g/mol. The highest BCUT2D eigenvalue weighted by Gasteiger charge is 2.23. The average molecular weight is 447 g/mol. The van der Waals surface area contributed by atoms with E-state index < -0.39 is 9.84 Å². The number of hydrogen-bond donors (Lipinski definition) is 1. The van der Waals surface area contributed by atoms with Crippen LogP contribution in [-0.4, -0.2) is 18.9 Å². The summed E-state index contributed by atoms with van der Waals surface area (Å²) in [7, 11) is -3.60. The van der Waals surface area contributed by atoms with Gasteiger partial charge in [0.2, 0.25) is 5.91 Å². The molecule has 1 N–H and O–H groups in total. The minimum atomic E-state index is -3.60. The Morgan fingerprint density at radius 1 is 0.875 bits per heavy atom. The Labute approximate surface area is 188 Å². The standard InChI is InChI=1S/C26H26N2O3S/c1-18-12-13-22(14-20(18)3)27-26(29)16-28-15-25(23-10-6-7-11-24(23)28)32(30,31)17-21-9-5-4-8-19(21)2/h4-15H,16-17H2,1-3H3,(H,27,29). The molecule has 0 unspecified atom stereocenters. The van der Waals surface area contributed by atoms with Gasteiger partial charge in [-0.25, -0.2) is 8.42 Å². The molecule has 4 rings (SSSR count). The van der Waals surface area contributed by atoms with E-state index in [2.05, 4.69) is 5.32 Å². The van der Waals surface area contributed by atoms with Crippen LogP contribution in [0.3, 0.4) is 0 Å². The molecular weight excluding hydrogens is 420 g/mol. The summed E-state index contributed by atoms with van der Waals surface area (Å²) in [6.07, 6.45) is 1.58. The summed E-state index contributed by atoms with van der Waals surface area (Å²) in [5, 5.41) is 3.53. The first-order valence-corrected chi connectivity index (χ1v) is 12.1. The van der Waals surface area contributed by atoms with Crippen molar-refractivity contribution >= 4 is 32.3 Å². The lowest BCUT2D eigenvalue weighted by atomic mass is 10.1. The van der Waals surface area contributed by atoms with Gasteiger partial charge in [0.15, 0.2) is 9.84 Å². The zero-order valence-corrected chi connectivity index (χ0v) is 19.2. The second kappa shape index (κ2) is 8.63. The highest BCUT2D eigenvalue weighted by Crippen LogP contribution is 2.29. The molecule has 0 saturated carbocycles. The van der Waals surface area contributed by atoms with Crippen LogP contribution in [0.1, 0.15) is 22.3 Å². The average Bonchev–Trinajstić information content (AvgIpc) is 3.12. The first-order valence-electron chi connectivity index (χ1n) is 10.5. The van der Waals surface area contributed by atoms with E-state index in [1.165, 1.54) is 0 Å². The van der Waals surface area contributed by atoms with Crippen LogP contribution in [0.25, 0.3) is 10.9 Å². The van der Waals surface area contributed by atoms with Crippen LogP contribution < -0.4 is 5.32 Å². The van der Waals surface area contributed by atoms with E-state index >= 15 is 0 Å². The third-order valence-electron chi connectivity index (χ3n) is 5.80. The van der Waals surface area contributed by atoms with Gasteiger partial charge in [0, 0.05) is 22.8 Å². The summed E-state index contributed by atoms with van der Waals surface area (Å²) >= 11 is 0. The lowest BCUT2D eigenvalue weighted by Crippen LogP contribution is -2.18. The maximum absolute atomic E-state index is 13.3. The molecule has 0 aliphatic rings. The number of carbonyl (C=O) groups is 1. The number of amides is 1. The molecule has 0 radical (unpaired) electrons. The number of fused-ring (bicyclic) bond motifs is 1. The van der Waals surface area contributed by atoms with Crippen LogP contribution >= 0.6 is 0 Å². The van der Waals surface area contributed by atoms with Gasteiger partial charge in [0.1, 0.15) is 6.54 Å². The Balaban J connectivity index is 1.64. The van der Waals surface area contributed by atoms with Crippen molar-refractivity contribution in [3.8, 4) is 0 Å². The maximum atomic E-state index is 13.3. The fourth-order valence-electron chi connectivity index (χ4n) is 3.82. The van der Waals surface area contributed by atoms with E-state index in [4.69, 9.17) is 0 Å². The number of rotatable bonds is 6. The van der Waals surface area contributed by atoms with Gasteiger partial charge < -0.3 is 9.88 Å². The molecule has 1 heterocycles. The fraction of sp³-hybridized carbons (Fsp3) is 0.192. The van der Waals surface area contributed by atoms with Crippen molar-refractivity contribution in [2.24, 2.45) is 0 Å². The van der Waals surface area contributed by atoms with Crippen molar-refractivity contribution in [3.63, 3.8) is 0 Å². The van der Waals surface area contributed by atoms with E-state index in [9.17, 15) is 13.2 Å². The van der Waals surface area contributed by atoms with Crippen molar-refractivity contribution in [3.05, 3.63) is 95.2 Å². The predicted molar refractivity (Wildman–Crippen MR) is 129 cm³/mol. The highest BCUT2D eigenvalue weighted by atomic mass is 32.2. The van der Waals surface area contributed by atoms with E-state index in [0.717, 1.165) is 27.9 Å². The zero-order valence-electron chi connectivity index (χ0n) is 18.4. The van der Waals surface area contributed by atoms with Crippen LogP contribution in [0.4, 0.5) is 5.69 Å². The summed E-state index contributed by atoms with van der Waals surface area (Å²) < 4.78 is 28.3. The van der Waals surface area contributed by atoms with Crippen molar-refractivity contribution in [2.45, 2.75) is 38.0 Å². The molecule has 0 fully saturated rings. The highest BCUT2D eigenvalue weighted by molar-refractivity contribution is 7.90. The number of benzene rings is 3. The van der Waals surface area contributed by atoms with Crippen molar-refractivity contribution in [2.75, 3.05) is 5.32 Å². The molecule has 0 atom stereocenters. The number of aromatic nitrogens is 1. The van der Waals surface area contributed by atoms with Gasteiger partial charge in [0.05, 0.1) is 10.6 Å². The van der Waals surface area contributed by atoms with Crippen LogP contribution in [0.2, 0.25) is 0 Å². The first-order chi connectivity index (χ1) is 15.2. The number of anilines is 1. The van der Waals surface area contributed by atoms with Gasteiger partial charge >= 0.3 is 0 Å². The van der Waals surface area contributed by atoms with Crippen LogP contribution in [-0.2, 0) is 26.9 Å². The SMILES string of the molecule is Cc1ccc(NC(=O)Cn2cc(S(=O)(=O)Cc3ccccc3C)c3ccccc32)cc1C. The van der Waals surface area contributed by atoms with Gasteiger partial charge in [0.25, 0.3) is 0 Å². The maximum Gasteiger partial charge on any atom is 0.244 e. The molecular formula is C26H26N2O3S. The third kappa shape index (κ3) is 4.46. The number of nitrogens with zero attached hydrogens (tertiary/aromatic N) is 1. The van der Waals surface area contributed by atoms with Gasteiger partial charge in [-0.1, -0.05) is 48.5 Å². The number of hydrogen-bond acceptors (Lipinski definition) is 3. The summed E-state index contributed by atoms with van der Waals surface area (Å²) in [5.41, 5.74) is 5.40. The van der Waals surface area contributed by atoms with Gasteiger partial charge in [-0.2, -0.15) is 0 Å². The molecule has 164 valence electrons. The van der Waals surface area contributed by atoms with Crippen molar-refractivity contribution < 1.29 is 13.2 Å². The Morgan fingerprint density at radius 3 is 2.34 bits per heavy atom. The summed E-state index contributed by atoms with van der Waals surface area (Å²) in [5.74, 6) is -0.292. The number of nitrogens with one attached hydrogen (secondary N) is 1. The van der Waals surface area contributed by atoms with Gasteiger partial charge in [-0.3, -0.25) is 4.79 Å². The molecule has 0 spiro atoms. The minimum Gasteiger partial charge on any atom is -0.337 e. The second-order valence-corrected chi connectivity index (χ2v) is 10.1. The Hall–Kier alpha value is -3.38.